The number of hydrogen-bond acceptors (Lipinski definition) is 4. The summed E-state index contributed by atoms with van der Waals surface area (Å²) in [4.78, 5) is 17.7. The van der Waals surface area contributed by atoms with Crippen molar-refractivity contribution in [2.24, 2.45) is 5.41 Å². The van der Waals surface area contributed by atoms with Crippen molar-refractivity contribution < 1.29 is 0 Å². The van der Waals surface area contributed by atoms with Gasteiger partial charge in [0.25, 0.3) is 0 Å². The van der Waals surface area contributed by atoms with Crippen molar-refractivity contribution in [3.05, 3.63) is 58.8 Å². The molecule has 0 atom stereocenters. The molecule has 1 aromatic heterocycles. The minimum atomic E-state index is 0.0521. The van der Waals surface area contributed by atoms with Crippen LogP contribution >= 0.6 is 0 Å². The Balaban J connectivity index is 1.48. The van der Waals surface area contributed by atoms with Crippen LogP contribution in [-0.4, -0.2) is 39.5 Å². The van der Waals surface area contributed by atoms with Crippen LogP contribution in [0.1, 0.15) is 32.1 Å². The highest BCUT2D eigenvalue weighted by molar-refractivity contribution is 6.13. The number of hydrogen-bond donors (Lipinski definition) is 0. The molecular formula is C25H26N4O. The molecule has 6 rings (SSSR count). The van der Waals surface area contributed by atoms with Gasteiger partial charge in [-0.25, -0.2) is 0 Å². The Morgan fingerprint density at radius 3 is 1.80 bits per heavy atom. The smallest absolute Gasteiger partial charge is 0.194 e. The third-order valence-corrected chi connectivity index (χ3v) is 6.95. The van der Waals surface area contributed by atoms with Gasteiger partial charge in [-0.05, 0) is 38.8 Å². The summed E-state index contributed by atoms with van der Waals surface area (Å²) in [5.41, 5.74) is 2.02. The molecular weight excluding hydrogens is 372 g/mol. The Kier molecular flexibility index (Phi) is 4.13. The third kappa shape index (κ3) is 3.00. The summed E-state index contributed by atoms with van der Waals surface area (Å²) in [6, 6.07) is 15.6. The molecule has 1 saturated heterocycles. The van der Waals surface area contributed by atoms with E-state index in [9.17, 15) is 4.79 Å². The standard InChI is InChI=1S/C25H26N4O/c30-24-20-10-4-2-8-18(20)22-23(19-9-3-5-11-21(19)24)27-29(26-22)17-25(12-13-25)16-28-14-6-1-7-15-28/h2-5,8-11H,1,6-7,12-17H2. The fourth-order valence-corrected chi connectivity index (χ4v) is 5.14. The van der Waals surface area contributed by atoms with Gasteiger partial charge in [-0.1, -0.05) is 55.0 Å². The molecule has 2 aliphatic rings. The molecule has 0 amide bonds. The van der Waals surface area contributed by atoms with Crippen molar-refractivity contribution in [1.29, 1.82) is 0 Å². The first kappa shape index (κ1) is 18.0. The van der Waals surface area contributed by atoms with E-state index in [1.807, 2.05) is 53.3 Å². The van der Waals surface area contributed by atoms with E-state index in [0.717, 1.165) is 34.9 Å². The van der Waals surface area contributed by atoms with Crippen LogP contribution in [0.4, 0.5) is 0 Å². The van der Waals surface area contributed by atoms with E-state index < -0.39 is 0 Å². The number of nitrogens with zero attached hydrogens (tertiary/aromatic N) is 4. The fourth-order valence-electron chi connectivity index (χ4n) is 5.14. The van der Waals surface area contributed by atoms with Gasteiger partial charge in [-0.3, -0.25) is 4.79 Å². The van der Waals surface area contributed by atoms with Gasteiger partial charge < -0.3 is 4.90 Å². The summed E-state index contributed by atoms with van der Waals surface area (Å²) in [6.07, 6.45) is 6.52. The van der Waals surface area contributed by atoms with E-state index in [2.05, 4.69) is 4.90 Å². The van der Waals surface area contributed by atoms with Gasteiger partial charge in [-0.2, -0.15) is 15.0 Å². The van der Waals surface area contributed by atoms with Crippen molar-refractivity contribution >= 4 is 32.6 Å². The summed E-state index contributed by atoms with van der Waals surface area (Å²) in [7, 11) is 0. The molecule has 4 aromatic rings. The van der Waals surface area contributed by atoms with Gasteiger partial charge in [0.15, 0.2) is 5.43 Å². The maximum Gasteiger partial charge on any atom is 0.194 e. The van der Waals surface area contributed by atoms with Crippen LogP contribution in [-0.2, 0) is 6.54 Å². The lowest BCUT2D eigenvalue weighted by Crippen LogP contribution is -2.36. The van der Waals surface area contributed by atoms with Crippen molar-refractivity contribution in [3.63, 3.8) is 0 Å². The predicted octanol–water partition coefficient (Wildman–Crippen LogP) is 4.36. The first-order chi connectivity index (χ1) is 14.7. The number of fused-ring (bicyclic) bond motifs is 5. The molecule has 1 saturated carbocycles. The Hall–Kier alpha value is -2.79. The van der Waals surface area contributed by atoms with Gasteiger partial charge in [0.2, 0.25) is 0 Å². The topological polar surface area (TPSA) is 51.0 Å². The second kappa shape index (κ2) is 6.88. The maximum absolute atomic E-state index is 13.2. The van der Waals surface area contributed by atoms with Crippen molar-refractivity contribution in [2.45, 2.75) is 38.6 Å². The van der Waals surface area contributed by atoms with Crippen LogP contribution in [0.25, 0.3) is 32.6 Å². The zero-order valence-electron chi connectivity index (χ0n) is 17.2. The van der Waals surface area contributed by atoms with Gasteiger partial charge in [0, 0.05) is 33.5 Å². The molecule has 0 bridgehead atoms. The van der Waals surface area contributed by atoms with E-state index >= 15 is 0 Å². The number of rotatable bonds is 4. The molecule has 0 spiro atoms. The summed E-state index contributed by atoms with van der Waals surface area (Å²) < 4.78 is 0. The molecule has 0 N–H and O–H groups in total. The summed E-state index contributed by atoms with van der Waals surface area (Å²) in [5.74, 6) is 0. The predicted molar refractivity (Wildman–Crippen MR) is 121 cm³/mol. The second-order valence-electron chi connectivity index (χ2n) is 9.18. The minimum Gasteiger partial charge on any atom is -0.303 e. The SMILES string of the molecule is O=c1c2ccccc2c2nn(CC3(CN4CCCCC4)CC3)nc2c2ccccc12. The summed E-state index contributed by atoms with van der Waals surface area (Å²) in [6.45, 7) is 4.47. The Morgan fingerprint density at radius 1 is 0.733 bits per heavy atom. The first-order valence-electron chi connectivity index (χ1n) is 11.1. The van der Waals surface area contributed by atoms with E-state index in [1.165, 1.54) is 45.2 Å². The zero-order valence-corrected chi connectivity index (χ0v) is 17.2. The van der Waals surface area contributed by atoms with E-state index in [4.69, 9.17) is 10.2 Å². The molecule has 152 valence electrons. The normalized spacial score (nSPS) is 18.9. The monoisotopic (exact) mass is 398 g/mol. The zero-order chi connectivity index (χ0) is 20.1. The van der Waals surface area contributed by atoms with Crippen LogP contribution in [0.3, 0.4) is 0 Å². The molecule has 0 radical (unpaired) electrons. The molecule has 1 aliphatic carbocycles. The quantitative estimate of drug-likeness (QED) is 0.512. The van der Waals surface area contributed by atoms with Crippen LogP contribution < -0.4 is 5.43 Å². The Morgan fingerprint density at radius 2 is 1.27 bits per heavy atom. The van der Waals surface area contributed by atoms with Crippen molar-refractivity contribution in [2.75, 3.05) is 19.6 Å². The Bertz CT molecular complexity index is 1240. The van der Waals surface area contributed by atoms with Crippen molar-refractivity contribution in [3.8, 4) is 0 Å². The van der Waals surface area contributed by atoms with Gasteiger partial charge in [0.1, 0.15) is 11.0 Å². The average Bonchev–Trinajstić information content (AvgIpc) is 3.42. The minimum absolute atomic E-state index is 0.0521. The molecule has 5 heteroatoms. The lowest BCUT2D eigenvalue weighted by atomic mass is 10.0. The van der Waals surface area contributed by atoms with Crippen LogP contribution in [0, 0.1) is 5.41 Å². The van der Waals surface area contributed by atoms with Gasteiger partial charge in [0.05, 0.1) is 6.54 Å². The number of piperidine rings is 1. The lowest BCUT2D eigenvalue weighted by molar-refractivity contribution is 0.170. The fraction of sp³-hybridized carbons (Fsp3) is 0.400. The maximum atomic E-state index is 13.2. The van der Waals surface area contributed by atoms with Gasteiger partial charge >= 0.3 is 0 Å². The number of aromatic nitrogens is 3. The van der Waals surface area contributed by atoms with Gasteiger partial charge in [-0.15, -0.1) is 0 Å². The first-order valence-corrected chi connectivity index (χ1v) is 11.1. The van der Waals surface area contributed by atoms with E-state index in [1.54, 1.807) is 0 Å². The molecule has 2 fully saturated rings. The Labute approximate surface area is 175 Å². The number of likely N-dealkylation sites (tertiary alicyclic amines) is 1. The molecule has 5 nitrogen and oxygen atoms in total. The second-order valence-corrected chi connectivity index (χ2v) is 9.18. The van der Waals surface area contributed by atoms with Crippen LogP contribution in [0.15, 0.2) is 53.3 Å². The van der Waals surface area contributed by atoms with E-state index in [-0.39, 0.29) is 5.43 Å². The summed E-state index contributed by atoms with van der Waals surface area (Å²) in [5, 5.41) is 13.1. The third-order valence-electron chi connectivity index (χ3n) is 6.95. The molecule has 1 aliphatic heterocycles. The molecule has 0 unspecified atom stereocenters. The average molecular weight is 399 g/mol. The van der Waals surface area contributed by atoms with E-state index in [0.29, 0.717) is 16.2 Å². The molecule has 2 heterocycles. The largest absolute Gasteiger partial charge is 0.303 e. The summed E-state index contributed by atoms with van der Waals surface area (Å²) >= 11 is 0. The highest BCUT2D eigenvalue weighted by atomic mass is 16.1. The number of benzene rings is 2. The van der Waals surface area contributed by atoms with Crippen molar-refractivity contribution in [1.82, 2.24) is 19.9 Å². The van der Waals surface area contributed by atoms with Crippen LogP contribution in [0.2, 0.25) is 0 Å². The van der Waals surface area contributed by atoms with Crippen LogP contribution in [0.5, 0.6) is 0 Å². The highest BCUT2D eigenvalue weighted by Crippen LogP contribution is 2.48. The molecule has 30 heavy (non-hydrogen) atoms. The lowest BCUT2D eigenvalue weighted by Gasteiger charge is -2.30. The molecule has 3 aromatic carbocycles. The highest BCUT2D eigenvalue weighted by Gasteiger charge is 2.45.